The Bertz CT molecular complexity index is 436. The first kappa shape index (κ1) is 11.6. The van der Waals surface area contributed by atoms with Crippen LogP contribution in [-0.2, 0) is 4.79 Å². The minimum Gasteiger partial charge on any atom is -0.388 e. The van der Waals surface area contributed by atoms with Crippen LogP contribution in [-0.4, -0.2) is 36.7 Å². The molecule has 1 aliphatic heterocycles. The van der Waals surface area contributed by atoms with Crippen LogP contribution in [0.4, 0.5) is 5.69 Å². The van der Waals surface area contributed by atoms with Crippen LogP contribution in [0, 0.1) is 5.41 Å². The Kier molecular flexibility index (Phi) is 3.42. The van der Waals surface area contributed by atoms with Crippen molar-refractivity contribution < 1.29 is 4.79 Å². The quantitative estimate of drug-likeness (QED) is 0.778. The van der Waals surface area contributed by atoms with Crippen molar-refractivity contribution in [2.24, 2.45) is 0 Å². The van der Waals surface area contributed by atoms with Gasteiger partial charge in [0.15, 0.2) is 0 Å². The molecule has 2 rings (SSSR count). The minimum absolute atomic E-state index is 0.0804. The number of likely N-dealkylation sites (tertiary alicyclic amines) is 1. The van der Waals surface area contributed by atoms with Crippen LogP contribution in [0.25, 0.3) is 0 Å². The van der Waals surface area contributed by atoms with E-state index in [1.807, 2.05) is 24.3 Å². The lowest BCUT2D eigenvalue weighted by Gasteiger charge is -2.17. The monoisotopic (exact) mass is 231 g/mol. The van der Waals surface area contributed by atoms with Gasteiger partial charge >= 0.3 is 0 Å². The van der Waals surface area contributed by atoms with E-state index in [1.54, 1.807) is 11.9 Å². The fourth-order valence-electron chi connectivity index (χ4n) is 2.11. The summed E-state index contributed by atoms with van der Waals surface area (Å²) >= 11 is 0. The number of nitrogens with zero attached hydrogens (tertiary/aromatic N) is 1. The molecule has 90 valence electrons. The van der Waals surface area contributed by atoms with E-state index in [0.717, 1.165) is 31.6 Å². The number of para-hydroxylation sites is 1. The summed E-state index contributed by atoms with van der Waals surface area (Å²) in [5, 5.41) is 11.0. The smallest absolute Gasteiger partial charge is 0.272 e. The first-order valence-electron chi connectivity index (χ1n) is 5.89. The molecule has 17 heavy (non-hydrogen) atoms. The van der Waals surface area contributed by atoms with Crippen LogP contribution >= 0.6 is 0 Å². The first-order chi connectivity index (χ1) is 8.24. The van der Waals surface area contributed by atoms with Gasteiger partial charge < -0.3 is 10.2 Å². The third-order valence-electron chi connectivity index (χ3n) is 3.07. The fraction of sp³-hybridized carbons (Fsp3) is 0.385. The van der Waals surface area contributed by atoms with Crippen LogP contribution < -0.4 is 5.32 Å². The van der Waals surface area contributed by atoms with Crippen LogP contribution in [0.3, 0.4) is 0 Å². The maximum atomic E-state index is 12.1. The largest absolute Gasteiger partial charge is 0.388 e. The Morgan fingerprint density at radius 1 is 1.29 bits per heavy atom. The second kappa shape index (κ2) is 4.99. The molecular weight excluding hydrogens is 214 g/mol. The number of anilines is 1. The maximum Gasteiger partial charge on any atom is 0.272 e. The molecule has 1 aromatic carbocycles. The van der Waals surface area contributed by atoms with E-state index in [9.17, 15) is 4.79 Å². The van der Waals surface area contributed by atoms with E-state index < -0.39 is 0 Å². The molecule has 0 bridgehead atoms. The van der Waals surface area contributed by atoms with Gasteiger partial charge in [-0.1, -0.05) is 18.2 Å². The normalized spacial score (nSPS) is 14.8. The molecule has 1 aromatic rings. The Labute approximate surface area is 101 Å². The highest BCUT2D eigenvalue weighted by Gasteiger charge is 2.23. The lowest BCUT2D eigenvalue weighted by molar-refractivity contribution is -0.123. The number of amides is 1. The van der Waals surface area contributed by atoms with E-state index in [2.05, 4.69) is 5.32 Å². The van der Waals surface area contributed by atoms with Crippen molar-refractivity contribution in [1.82, 2.24) is 4.90 Å². The molecular formula is C13H17N3O. The second-order valence-corrected chi connectivity index (χ2v) is 4.17. The summed E-state index contributed by atoms with van der Waals surface area (Å²) in [7, 11) is 1.80. The summed E-state index contributed by atoms with van der Waals surface area (Å²) in [6, 6.07) is 7.42. The van der Waals surface area contributed by atoms with Crippen molar-refractivity contribution in [3.8, 4) is 0 Å². The fourth-order valence-corrected chi connectivity index (χ4v) is 2.11. The Balaban J connectivity index is 2.21. The van der Waals surface area contributed by atoms with Crippen molar-refractivity contribution in [2.45, 2.75) is 12.8 Å². The van der Waals surface area contributed by atoms with Crippen molar-refractivity contribution >= 4 is 17.3 Å². The lowest BCUT2D eigenvalue weighted by atomic mass is 10.1. The molecule has 0 spiro atoms. The number of carbonyl (C=O) groups excluding carboxylic acids is 1. The van der Waals surface area contributed by atoms with Gasteiger partial charge in [0, 0.05) is 31.4 Å². The van der Waals surface area contributed by atoms with Crippen molar-refractivity contribution in [1.29, 1.82) is 5.41 Å². The number of benzene rings is 1. The van der Waals surface area contributed by atoms with Crippen molar-refractivity contribution in [3.05, 3.63) is 29.8 Å². The number of nitrogens with one attached hydrogen (secondary N) is 2. The maximum absolute atomic E-state index is 12.1. The van der Waals surface area contributed by atoms with E-state index in [4.69, 9.17) is 5.41 Å². The second-order valence-electron chi connectivity index (χ2n) is 4.17. The third-order valence-corrected chi connectivity index (χ3v) is 3.07. The van der Waals surface area contributed by atoms with Crippen molar-refractivity contribution in [3.63, 3.8) is 0 Å². The molecule has 1 saturated heterocycles. The van der Waals surface area contributed by atoms with Crippen molar-refractivity contribution in [2.75, 3.05) is 25.5 Å². The predicted octanol–water partition coefficient (Wildman–Crippen LogP) is 1.72. The highest BCUT2D eigenvalue weighted by molar-refractivity contribution is 6.45. The summed E-state index contributed by atoms with van der Waals surface area (Å²) in [4.78, 5) is 13.8. The minimum atomic E-state index is -0.162. The van der Waals surface area contributed by atoms with E-state index in [-0.39, 0.29) is 11.6 Å². The molecule has 0 aromatic heterocycles. The SMILES string of the molecule is CNc1ccccc1C(=N)C(=O)N1CCCC1. The molecule has 0 atom stereocenters. The predicted molar refractivity (Wildman–Crippen MR) is 68.6 cm³/mol. The zero-order chi connectivity index (χ0) is 12.3. The molecule has 0 unspecified atom stereocenters. The van der Waals surface area contributed by atoms with Crippen LogP contribution in [0.15, 0.2) is 24.3 Å². The molecule has 1 amide bonds. The van der Waals surface area contributed by atoms with Gasteiger partial charge in [-0.3, -0.25) is 10.2 Å². The summed E-state index contributed by atoms with van der Waals surface area (Å²) < 4.78 is 0. The van der Waals surface area contributed by atoms with Crippen LogP contribution in [0.1, 0.15) is 18.4 Å². The van der Waals surface area contributed by atoms with Gasteiger partial charge in [-0.15, -0.1) is 0 Å². The molecule has 2 N–H and O–H groups in total. The summed E-state index contributed by atoms with van der Waals surface area (Å²) in [5.74, 6) is -0.162. The Morgan fingerprint density at radius 3 is 2.59 bits per heavy atom. The van der Waals surface area contributed by atoms with E-state index in [0.29, 0.717) is 5.56 Å². The number of carbonyl (C=O) groups is 1. The van der Waals surface area contributed by atoms with Gasteiger partial charge in [0.2, 0.25) is 0 Å². The zero-order valence-electron chi connectivity index (χ0n) is 9.99. The average Bonchev–Trinajstić information content (AvgIpc) is 2.90. The molecule has 1 heterocycles. The van der Waals surface area contributed by atoms with E-state index in [1.165, 1.54) is 0 Å². The number of hydrogen-bond donors (Lipinski definition) is 2. The molecule has 0 saturated carbocycles. The summed E-state index contributed by atoms with van der Waals surface area (Å²) in [6.07, 6.45) is 2.10. The van der Waals surface area contributed by atoms with Gasteiger partial charge in [-0.25, -0.2) is 0 Å². The lowest BCUT2D eigenvalue weighted by Crippen LogP contribution is -2.34. The summed E-state index contributed by atoms with van der Waals surface area (Å²) in [6.45, 7) is 1.56. The topological polar surface area (TPSA) is 56.2 Å². The Morgan fingerprint density at radius 2 is 1.94 bits per heavy atom. The molecule has 4 nitrogen and oxygen atoms in total. The van der Waals surface area contributed by atoms with Gasteiger partial charge in [-0.2, -0.15) is 0 Å². The van der Waals surface area contributed by atoms with Crippen LogP contribution in [0.5, 0.6) is 0 Å². The Hall–Kier alpha value is -1.84. The molecule has 1 fully saturated rings. The standard InChI is InChI=1S/C13H17N3O/c1-15-11-7-3-2-6-10(11)12(14)13(17)16-8-4-5-9-16/h2-3,6-7,14-15H,4-5,8-9H2,1H3. The molecule has 1 aliphatic rings. The number of rotatable bonds is 3. The first-order valence-corrected chi connectivity index (χ1v) is 5.89. The third kappa shape index (κ3) is 2.30. The van der Waals surface area contributed by atoms with Gasteiger partial charge in [-0.05, 0) is 18.9 Å². The van der Waals surface area contributed by atoms with Crippen LogP contribution in [0.2, 0.25) is 0 Å². The zero-order valence-corrected chi connectivity index (χ0v) is 9.99. The van der Waals surface area contributed by atoms with Gasteiger partial charge in [0.25, 0.3) is 5.91 Å². The molecule has 0 radical (unpaired) electrons. The highest BCUT2D eigenvalue weighted by atomic mass is 16.2. The summed E-state index contributed by atoms with van der Waals surface area (Å²) in [5.41, 5.74) is 1.58. The molecule has 0 aliphatic carbocycles. The average molecular weight is 231 g/mol. The molecule has 4 heteroatoms. The van der Waals surface area contributed by atoms with Gasteiger partial charge in [0.05, 0.1) is 0 Å². The van der Waals surface area contributed by atoms with E-state index >= 15 is 0 Å². The van der Waals surface area contributed by atoms with Gasteiger partial charge in [0.1, 0.15) is 5.71 Å². The highest BCUT2D eigenvalue weighted by Crippen LogP contribution is 2.17. The number of hydrogen-bond acceptors (Lipinski definition) is 3.